The van der Waals surface area contributed by atoms with Gasteiger partial charge in [0.05, 0.1) is 6.42 Å². The Labute approximate surface area is 205 Å². The fourth-order valence-electron chi connectivity index (χ4n) is 6.13. The van der Waals surface area contributed by atoms with E-state index in [2.05, 4.69) is 29.6 Å². The lowest BCUT2D eigenvalue weighted by Gasteiger charge is -2.33. The first-order chi connectivity index (χ1) is 17.0. The molecule has 2 fully saturated rings. The van der Waals surface area contributed by atoms with E-state index in [1.54, 1.807) is 4.90 Å². The molecule has 35 heavy (non-hydrogen) atoms. The molecular formula is C28H32N2O5. The van der Waals surface area contributed by atoms with Gasteiger partial charge in [0.25, 0.3) is 0 Å². The molecule has 2 amide bonds. The molecular weight excluding hydrogens is 444 g/mol. The Morgan fingerprint density at radius 2 is 1.63 bits per heavy atom. The third-order valence-electron chi connectivity index (χ3n) is 7.76. The SMILES string of the molecule is O=C(O)C[C@@H]1CCCN1C(=O)[C@@H]1CCC[C@H](NC(=O)OCC2c3ccccc3-c3ccccc32)C1. The van der Waals surface area contributed by atoms with E-state index in [0.29, 0.717) is 13.0 Å². The van der Waals surface area contributed by atoms with Gasteiger partial charge in [0, 0.05) is 30.5 Å². The van der Waals surface area contributed by atoms with E-state index in [9.17, 15) is 14.4 Å². The highest BCUT2D eigenvalue weighted by Gasteiger charge is 2.37. The second-order valence-electron chi connectivity index (χ2n) is 9.96. The number of amides is 2. The standard InChI is InChI=1S/C28H32N2O5/c31-26(32)16-20-9-6-14-30(20)27(33)18-7-5-8-19(15-18)29-28(34)35-17-25-23-12-3-1-10-21(23)22-11-2-4-13-24(22)25/h1-4,10-13,18-20,25H,5-9,14-17H2,(H,29,34)(H,31,32)/t18-,19+,20+/m1/s1. The maximum atomic E-state index is 13.1. The number of rotatable bonds is 6. The summed E-state index contributed by atoms with van der Waals surface area (Å²) < 4.78 is 5.69. The molecule has 184 valence electrons. The van der Waals surface area contributed by atoms with Crippen molar-refractivity contribution in [3.8, 4) is 11.1 Å². The number of carboxylic acids is 1. The molecule has 0 spiro atoms. The van der Waals surface area contributed by atoms with Crippen LogP contribution in [-0.2, 0) is 14.3 Å². The van der Waals surface area contributed by atoms with Crippen molar-refractivity contribution >= 4 is 18.0 Å². The Hall–Kier alpha value is -3.35. The highest BCUT2D eigenvalue weighted by atomic mass is 16.5. The van der Waals surface area contributed by atoms with E-state index in [-0.39, 0.29) is 42.9 Å². The second kappa shape index (κ2) is 10.1. The van der Waals surface area contributed by atoms with E-state index in [1.807, 2.05) is 24.3 Å². The topological polar surface area (TPSA) is 95.9 Å². The Kier molecular flexibility index (Phi) is 6.75. The number of hydrogen-bond donors (Lipinski definition) is 2. The fourth-order valence-corrected chi connectivity index (χ4v) is 6.13. The smallest absolute Gasteiger partial charge is 0.407 e. The number of ether oxygens (including phenoxy) is 1. The van der Waals surface area contributed by atoms with Crippen LogP contribution >= 0.6 is 0 Å². The predicted octanol–water partition coefficient (Wildman–Crippen LogP) is 4.55. The molecule has 3 atom stereocenters. The summed E-state index contributed by atoms with van der Waals surface area (Å²) in [5.41, 5.74) is 4.72. The van der Waals surface area contributed by atoms with Gasteiger partial charge in [-0.3, -0.25) is 9.59 Å². The lowest BCUT2D eigenvalue weighted by atomic mass is 9.84. The largest absolute Gasteiger partial charge is 0.481 e. The Morgan fingerprint density at radius 3 is 2.31 bits per heavy atom. The monoisotopic (exact) mass is 476 g/mol. The summed E-state index contributed by atoms with van der Waals surface area (Å²) in [7, 11) is 0. The number of nitrogens with zero attached hydrogens (tertiary/aromatic N) is 1. The Morgan fingerprint density at radius 1 is 0.943 bits per heavy atom. The minimum atomic E-state index is -0.867. The number of alkyl carbamates (subject to hydrolysis) is 1. The van der Waals surface area contributed by atoms with Gasteiger partial charge in [-0.2, -0.15) is 0 Å². The van der Waals surface area contributed by atoms with Crippen LogP contribution in [0, 0.1) is 5.92 Å². The van der Waals surface area contributed by atoms with Crippen LogP contribution in [0.5, 0.6) is 0 Å². The van der Waals surface area contributed by atoms with Crippen LogP contribution in [0.1, 0.15) is 62.0 Å². The van der Waals surface area contributed by atoms with E-state index >= 15 is 0 Å². The van der Waals surface area contributed by atoms with Gasteiger partial charge in [-0.05, 0) is 54.4 Å². The van der Waals surface area contributed by atoms with Gasteiger partial charge >= 0.3 is 12.1 Å². The van der Waals surface area contributed by atoms with Crippen LogP contribution in [-0.4, -0.2) is 53.2 Å². The number of hydrogen-bond acceptors (Lipinski definition) is 4. The molecule has 1 saturated carbocycles. The predicted molar refractivity (Wildman–Crippen MR) is 131 cm³/mol. The van der Waals surface area contributed by atoms with Crippen molar-refractivity contribution in [1.29, 1.82) is 0 Å². The first kappa shape index (κ1) is 23.4. The summed E-state index contributed by atoms with van der Waals surface area (Å²) in [4.78, 5) is 38.8. The zero-order chi connectivity index (χ0) is 24.4. The third-order valence-corrected chi connectivity index (χ3v) is 7.76. The number of carbonyl (C=O) groups excluding carboxylic acids is 2. The molecule has 5 rings (SSSR count). The number of benzene rings is 2. The minimum Gasteiger partial charge on any atom is -0.481 e. The highest BCUT2D eigenvalue weighted by molar-refractivity contribution is 5.81. The Balaban J connectivity index is 1.17. The molecule has 2 aromatic carbocycles. The first-order valence-electron chi connectivity index (χ1n) is 12.6. The lowest BCUT2D eigenvalue weighted by Crippen LogP contribution is -2.45. The zero-order valence-electron chi connectivity index (χ0n) is 19.8. The summed E-state index contributed by atoms with van der Waals surface area (Å²) in [5.74, 6) is -1.01. The van der Waals surface area contributed by atoms with Crippen molar-refractivity contribution in [2.45, 2.75) is 62.9 Å². The van der Waals surface area contributed by atoms with Crippen LogP contribution in [0.15, 0.2) is 48.5 Å². The van der Waals surface area contributed by atoms with E-state index in [4.69, 9.17) is 9.84 Å². The van der Waals surface area contributed by atoms with Crippen molar-refractivity contribution in [3.05, 3.63) is 59.7 Å². The molecule has 7 nitrogen and oxygen atoms in total. The molecule has 3 aliphatic rings. The van der Waals surface area contributed by atoms with Crippen molar-refractivity contribution in [2.75, 3.05) is 13.2 Å². The summed E-state index contributed by atoms with van der Waals surface area (Å²) in [6.07, 6.45) is 4.14. The van der Waals surface area contributed by atoms with Gasteiger partial charge in [-0.1, -0.05) is 55.0 Å². The molecule has 0 radical (unpaired) electrons. The average molecular weight is 477 g/mol. The summed E-state index contributed by atoms with van der Waals surface area (Å²) >= 11 is 0. The van der Waals surface area contributed by atoms with Gasteiger partial charge in [0.1, 0.15) is 6.61 Å². The molecule has 7 heteroatoms. The average Bonchev–Trinajstić information content (AvgIpc) is 3.44. The molecule has 2 aliphatic carbocycles. The fraction of sp³-hybridized carbons (Fsp3) is 0.464. The van der Waals surface area contributed by atoms with Crippen LogP contribution < -0.4 is 5.32 Å². The number of carboxylic acid groups (broad SMARTS) is 1. The van der Waals surface area contributed by atoms with E-state index in [1.165, 1.54) is 22.3 Å². The number of fused-ring (bicyclic) bond motifs is 3. The zero-order valence-corrected chi connectivity index (χ0v) is 19.8. The maximum Gasteiger partial charge on any atom is 0.407 e. The van der Waals surface area contributed by atoms with E-state index < -0.39 is 12.1 Å². The van der Waals surface area contributed by atoms with Gasteiger partial charge in [0.2, 0.25) is 5.91 Å². The van der Waals surface area contributed by atoms with Crippen LogP contribution in [0.4, 0.5) is 4.79 Å². The summed E-state index contributed by atoms with van der Waals surface area (Å²) in [6, 6.07) is 16.1. The number of aliphatic carboxylic acids is 1. The van der Waals surface area contributed by atoms with Crippen molar-refractivity contribution < 1.29 is 24.2 Å². The Bertz CT molecular complexity index is 1070. The van der Waals surface area contributed by atoms with Gasteiger partial charge in [0.15, 0.2) is 0 Å². The van der Waals surface area contributed by atoms with Crippen molar-refractivity contribution in [2.24, 2.45) is 5.92 Å². The van der Waals surface area contributed by atoms with Gasteiger partial charge in [-0.25, -0.2) is 4.79 Å². The van der Waals surface area contributed by atoms with Gasteiger partial charge in [-0.15, -0.1) is 0 Å². The number of nitrogens with one attached hydrogen (secondary N) is 1. The normalized spacial score (nSPS) is 23.4. The van der Waals surface area contributed by atoms with E-state index in [0.717, 1.165) is 32.1 Å². The molecule has 1 saturated heterocycles. The van der Waals surface area contributed by atoms with Crippen molar-refractivity contribution in [1.82, 2.24) is 10.2 Å². The lowest BCUT2D eigenvalue weighted by molar-refractivity contribution is -0.142. The van der Waals surface area contributed by atoms with Gasteiger partial charge < -0.3 is 20.1 Å². The molecule has 2 N–H and O–H groups in total. The van der Waals surface area contributed by atoms with Crippen molar-refractivity contribution in [3.63, 3.8) is 0 Å². The molecule has 1 heterocycles. The number of likely N-dealkylation sites (tertiary alicyclic amines) is 1. The number of carbonyl (C=O) groups is 3. The molecule has 0 aromatic heterocycles. The van der Waals surface area contributed by atoms with Crippen LogP contribution in [0.3, 0.4) is 0 Å². The quantitative estimate of drug-likeness (QED) is 0.638. The first-order valence-corrected chi connectivity index (χ1v) is 12.6. The summed E-state index contributed by atoms with van der Waals surface area (Å²) in [5, 5.41) is 12.1. The van der Waals surface area contributed by atoms with Crippen LogP contribution in [0.2, 0.25) is 0 Å². The van der Waals surface area contributed by atoms with Crippen LogP contribution in [0.25, 0.3) is 11.1 Å². The highest BCUT2D eigenvalue weighted by Crippen LogP contribution is 2.44. The molecule has 0 bridgehead atoms. The summed E-state index contributed by atoms with van der Waals surface area (Å²) in [6.45, 7) is 0.886. The molecule has 0 unspecified atom stereocenters. The molecule has 1 aliphatic heterocycles. The maximum absolute atomic E-state index is 13.1. The third kappa shape index (κ3) is 4.90. The second-order valence-corrected chi connectivity index (χ2v) is 9.96. The minimum absolute atomic E-state index is 0.000111. The molecule has 2 aromatic rings.